The molecule has 1 aliphatic carbocycles. The predicted molar refractivity (Wildman–Crippen MR) is 68.4 cm³/mol. The normalized spacial score (nSPS) is 21.8. The van der Waals surface area contributed by atoms with Crippen LogP contribution in [0.15, 0.2) is 5.16 Å². The number of amides is 1. The van der Waals surface area contributed by atoms with Crippen molar-refractivity contribution in [2.24, 2.45) is 16.3 Å². The van der Waals surface area contributed by atoms with Crippen molar-refractivity contribution in [3.05, 3.63) is 0 Å². The number of nitrogens with two attached hydrogens (primary N) is 1. The Labute approximate surface area is 108 Å². The lowest BCUT2D eigenvalue weighted by atomic mass is 9.79. The number of nitrogens with one attached hydrogen (secondary N) is 1. The summed E-state index contributed by atoms with van der Waals surface area (Å²) >= 11 is 0. The van der Waals surface area contributed by atoms with Crippen molar-refractivity contribution in [2.75, 3.05) is 13.7 Å². The van der Waals surface area contributed by atoms with Gasteiger partial charge in [-0.3, -0.25) is 4.79 Å². The summed E-state index contributed by atoms with van der Waals surface area (Å²) in [6, 6.07) is 0. The van der Waals surface area contributed by atoms with Gasteiger partial charge in [-0.2, -0.15) is 0 Å². The van der Waals surface area contributed by atoms with Gasteiger partial charge in [0.1, 0.15) is 5.41 Å². The summed E-state index contributed by atoms with van der Waals surface area (Å²) in [5.41, 5.74) is 4.38. The van der Waals surface area contributed by atoms with E-state index in [0.29, 0.717) is 13.0 Å². The van der Waals surface area contributed by atoms with E-state index in [-0.39, 0.29) is 17.3 Å². The fourth-order valence-corrected chi connectivity index (χ4v) is 2.03. The summed E-state index contributed by atoms with van der Waals surface area (Å²) in [4.78, 5) is 12.2. The fourth-order valence-electron chi connectivity index (χ4n) is 2.03. The highest BCUT2D eigenvalue weighted by Gasteiger charge is 2.41. The number of rotatable bonds is 6. The summed E-state index contributed by atoms with van der Waals surface area (Å²) in [7, 11) is 1.66. The zero-order valence-corrected chi connectivity index (χ0v) is 11.3. The number of hydrogen-bond donors (Lipinski definition) is 3. The maximum Gasteiger partial charge on any atom is 0.233 e. The van der Waals surface area contributed by atoms with Crippen molar-refractivity contribution in [1.29, 1.82) is 0 Å². The van der Waals surface area contributed by atoms with E-state index in [1.165, 1.54) is 0 Å². The summed E-state index contributed by atoms with van der Waals surface area (Å²) in [6.45, 7) is 3.96. The molecule has 0 radical (unpaired) electrons. The van der Waals surface area contributed by atoms with Crippen LogP contribution < -0.4 is 11.1 Å². The molecule has 1 rings (SSSR count). The minimum Gasteiger partial charge on any atom is -0.409 e. The van der Waals surface area contributed by atoms with Gasteiger partial charge in [0, 0.05) is 13.7 Å². The van der Waals surface area contributed by atoms with E-state index in [1.807, 2.05) is 6.92 Å². The molecule has 0 spiro atoms. The van der Waals surface area contributed by atoms with Gasteiger partial charge < -0.3 is 21.0 Å². The molecule has 6 heteroatoms. The Morgan fingerprint density at radius 2 is 2.22 bits per heavy atom. The Morgan fingerprint density at radius 3 is 2.56 bits per heavy atom. The fraction of sp³-hybridized carbons (Fsp3) is 0.833. The van der Waals surface area contributed by atoms with E-state index in [4.69, 9.17) is 15.7 Å². The Morgan fingerprint density at radius 1 is 1.61 bits per heavy atom. The van der Waals surface area contributed by atoms with Crippen molar-refractivity contribution in [3.63, 3.8) is 0 Å². The molecule has 0 aromatic rings. The van der Waals surface area contributed by atoms with Gasteiger partial charge in [0.05, 0.1) is 5.60 Å². The van der Waals surface area contributed by atoms with Crippen LogP contribution in [0, 0.1) is 5.41 Å². The van der Waals surface area contributed by atoms with Gasteiger partial charge in [0.2, 0.25) is 5.91 Å². The summed E-state index contributed by atoms with van der Waals surface area (Å²) in [6.07, 6.45) is 3.50. The van der Waals surface area contributed by atoms with Gasteiger partial charge in [0.25, 0.3) is 0 Å². The summed E-state index contributed by atoms with van der Waals surface area (Å²) < 4.78 is 5.43. The highest BCUT2D eigenvalue weighted by Crippen LogP contribution is 2.34. The molecule has 1 aliphatic rings. The third-order valence-corrected chi connectivity index (χ3v) is 4.15. The molecule has 4 N–H and O–H groups in total. The van der Waals surface area contributed by atoms with Crippen molar-refractivity contribution in [3.8, 4) is 0 Å². The molecule has 1 amide bonds. The topological polar surface area (TPSA) is 96.9 Å². The first-order valence-corrected chi connectivity index (χ1v) is 6.25. The highest BCUT2D eigenvalue weighted by molar-refractivity contribution is 6.06. The quantitative estimate of drug-likeness (QED) is 0.284. The Hall–Kier alpha value is -1.30. The number of nitrogens with zero attached hydrogens (tertiary/aromatic N) is 1. The van der Waals surface area contributed by atoms with E-state index in [1.54, 1.807) is 14.0 Å². The van der Waals surface area contributed by atoms with E-state index < -0.39 is 5.41 Å². The standard InChI is InChI=1S/C12H23N3O3/c1-4-11(2,9(13)15-17)10(16)14-8-12(18-3)6-5-7-12/h17H,4-8H2,1-3H3,(H2,13,15)(H,14,16). The molecule has 18 heavy (non-hydrogen) atoms. The molecule has 1 unspecified atom stereocenters. The first kappa shape index (κ1) is 14.8. The average molecular weight is 257 g/mol. The first-order valence-electron chi connectivity index (χ1n) is 6.25. The highest BCUT2D eigenvalue weighted by atomic mass is 16.5. The van der Waals surface area contributed by atoms with Crippen LogP contribution in [0.2, 0.25) is 0 Å². The van der Waals surface area contributed by atoms with Gasteiger partial charge in [-0.05, 0) is 32.6 Å². The molecule has 6 nitrogen and oxygen atoms in total. The number of carbonyl (C=O) groups is 1. The van der Waals surface area contributed by atoms with Crippen LogP contribution in [0.4, 0.5) is 0 Å². The number of methoxy groups -OCH3 is 1. The molecule has 0 aromatic heterocycles. The number of carbonyl (C=O) groups excluding carboxylic acids is 1. The Bertz CT molecular complexity index is 334. The minimum atomic E-state index is -0.979. The molecule has 1 atom stereocenters. The van der Waals surface area contributed by atoms with E-state index >= 15 is 0 Å². The molecule has 1 fully saturated rings. The average Bonchev–Trinajstić information content (AvgIpc) is 2.35. The van der Waals surface area contributed by atoms with Crippen LogP contribution in [0.5, 0.6) is 0 Å². The lowest BCUT2D eigenvalue weighted by Gasteiger charge is -2.41. The number of amidine groups is 1. The van der Waals surface area contributed by atoms with E-state index in [0.717, 1.165) is 19.3 Å². The van der Waals surface area contributed by atoms with Crippen LogP contribution in [-0.2, 0) is 9.53 Å². The lowest BCUT2D eigenvalue weighted by molar-refractivity contribution is -0.130. The molecule has 104 valence electrons. The number of ether oxygens (including phenoxy) is 1. The smallest absolute Gasteiger partial charge is 0.233 e. The molecule has 0 bridgehead atoms. The van der Waals surface area contributed by atoms with Crippen LogP contribution in [0.25, 0.3) is 0 Å². The zero-order valence-electron chi connectivity index (χ0n) is 11.3. The number of hydrogen-bond acceptors (Lipinski definition) is 4. The second kappa shape index (κ2) is 5.56. The third-order valence-electron chi connectivity index (χ3n) is 4.15. The van der Waals surface area contributed by atoms with Gasteiger partial charge in [-0.1, -0.05) is 12.1 Å². The monoisotopic (exact) mass is 257 g/mol. The summed E-state index contributed by atoms with van der Waals surface area (Å²) in [5.74, 6) is -0.300. The molecular formula is C12H23N3O3. The van der Waals surface area contributed by atoms with Gasteiger partial charge in [-0.15, -0.1) is 0 Å². The summed E-state index contributed by atoms with van der Waals surface area (Å²) in [5, 5.41) is 14.5. The second-order valence-corrected chi connectivity index (χ2v) is 5.09. The predicted octanol–water partition coefficient (Wildman–Crippen LogP) is 0.834. The van der Waals surface area contributed by atoms with Gasteiger partial charge in [0.15, 0.2) is 5.84 Å². The van der Waals surface area contributed by atoms with Crippen molar-refractivity contribution >= 4 is 11.7 Å². The van der Waals surface area contributed by atoms with E-state index in [2.05, 4.69) is 10.5 Å². The van der Waals surface area contributed by atoms with Crippen LogP contribution in [0.1, 0.15) is 39.5 Å². The van der Waals surface area contributed by atoms with Crippen LogP contribution in [0.3, 0.4) is 0 Å². The van der Waals surface area contributed by atoms with Crippen molar-refractivity contribution in [1.82, 2.24) is 5.32 Å². The minimum absolute atomic E-state index is 0.0671. The largest absolute Gasteiger partial charge is 0.409 e. The molecule has 1 saturated carbocycles. The molecule has 0 heterocycles. The Balaban J connectivity index is 2.63. The first-order chi connectivity index (χ1) is 8.44. The maximum absolute atomic E-state index is 12.2. The second-order valence-electron chi connectivity index (χ2n) is 5.09. The molecular weight excluding hydrogens is 234 g/mol. The van der Waals surface area contributed by atoms with Crippen molar-refractivity contribution in [2.45, 2.75) is 45.1 Å². The zero-order chi connectivity index (χ0) is 13.8. The Kier molecular flexibility index (Phi) is 4.56. The molecule has 0 saturated heterocycles. The SMILES string of the molecule is CCC(C)(C(=O)NCC1(OC)CCC1)C(N)=NO. The molecule has 0 aliphatic heterocycles. The van der Waals surface area contributed by atoms with Crippen LogP contribution in [-0.4, -0.2) is 36.2 Å². The van der Waals surface area contributed by atoms with Gasteiger partial charge in [-0.25, -0.2) is 0 Å². The maximum atomic E-state index is 12.2. The molecule has 0 aromatic carbocycles. The third kappa shape index (κ3) is 2.58. The number of oxime groups is 1. The van der Waals surface area contributed by atoms with Gasteiger partial charge >= 0.3 is 0 Å². The lowest BCUT2D eigenvalue weighted by Crippen LogP contribution is -2.54. The van der Waals surface area contributed by atoms with E-state index in [9.17, 15) is 4.79 Å². The van der Waals surface area contributed by atoms with Crippen molar-refractivity contribution < 1.29 is 14.7 Å². The van der Waals surface area contributed by atoms with Crippen LogP contribution >= 0.6 is 0 Å².